The minimum Gasteiger partial charge on any atom is -0.506 e. The lowest BCUT2D eigenvalue weighted by atomic mass is 9.92. The third-order valence-electron chi connectivity index (χ3n) is 4.38. The first-order chi connectivity index (χ1) is 10.7. The van der Waals surface area contributed by atoms with Gasteiger partial charge < -0.3 is 15.2 Å². The molecule has 1 aromatic heterocycles. The van der Waals surface area contributed by atoms with Crippen molar-refractivity contribution in [2.45, 2.75) is 37.8 Å². The van der Waals surface area contributed by atoms with Crippen molar-refractivity contribution in [3.63, 3.8) is 0 Å². The van der Waals surface area contributed by atoms with Gasteiger partial charge in [0.15, 0.2) is 0 Å². The largest absolute Gasteiger partial charge is 0.506 e. The van der Waals surface area contributed by atoms with Crippen LogP contribution >= 0.6 is 0 Å². The number of phenols is 1. The van der Waals surface area contributed by atoms with E-state index in [0.717, 1.165) is 31.1 Å². The molecule has 0 atom stereocenters. The van der Waals surface area contributed by atoms with Gasteiger partial charge in [0.1, 0.15) is 5.75 Å². The Morgan fingerprint density at radius 1 is 1.27 bits per heavy atom. The van der Waals surface area contributed by atoms with Crippen molar-refractivity contribution in [1.82, 2.24) is 10.3 Å². The highest BCUT2D eigenvalue weighted by molar-refractivity contribution is 6.03. The number of phenolic OH excluding ortho intramolecular Hbond substituents is 1. The van der Waals surface area contributed by atoms with Crippen molar-refractivity contribution in [2.75, 3.05) is 7.11 Å². The summed E-state index contributed by atoms with van der Waals surface area (Å²) < 4.78 is 5.34. The lowest BCUT2D eigenvalue weighted by Crippen LogP contribution is -2.38. The van der Waals surface area contributed by atoms with E-state index in [4.69, 9.17) is 4.74 Å². The Bertz CT molecular complexity index is 679. The highest BCUT2D eigenvalue weighted by Crippen LogP contribution is 2.28. The number of ether oxygens (including phenoxy) is 1. The molecule has 1 aliphatic carbocycles. The average Bonchev–Trinajstić information content (AvgIpc) is 2.56. The van der Waals surface area contributed by atoms with Gasteiger partial charge in [-0.05, 0) is 37.8 Å². The van der Waals surface area contributed by atoms with E-state index in [1.165, 1.54) is 0 Å². The summed E-state index contributed by atoms with van der Waals surface area (Å²) in [4.78, 5) is 16.4. The molecule has 1 aliphatic rings. The van der Waals surface area contributed by atoms with E-state index < -0.39 is 0 Å². The molecule has 1 aromatic carbocycles. The molecule has 1 fully saturated rings. The number of hydrogen-bond donors (Lipinski definition) is 2. The van der Waals surface area contributed by atoms with Gasteiger partial charge in [-0.25, -0.2) is 0 Å². The van der Waals surface area contributed by atoms with Crippen molar-refractivity contribution in [3.05, 3.63) is 36.2 Å². The lowest BCUT2D eigenvalue weighted by molar-refractivity contribution is 0.0599. The van der Waals surface area contributed by atoms with Gasteiger partial charge in [-0.15, -0.1) is 0 Å². The highest BCUT2D eigenvalue weighted by atomic mass is 16.5. The smallest absolute Gasteiger partial charge is 0.255 e. The fourth-order valence-corrected chi connectivity index (χ4v) is 3.04. The van der Waals surface area contributed by atoms with E-state index >= 15 is 0 Å². The summed E-state index contributed by atoms with van der Waals surface area (Å²) in [6.07, 6.45) is 7.30. The molecular formula is C17H20N2O3. The fraction of sp³-hybridized carbons (Fsp3) is 0.412. The maximum absolute atomic E-state index is 12.4. The van der Waals surface area contributed by atoms with E-state index in [-0.39, 0.29) is 17.7 Å². The Hall–Kier alpha value is -2.14. The maximum atomic E-state index is 12.4. The Kier molecular flexibility index (Phi) is 4.24. The van der Waals surface area contributed by atoms with Gasteiger partial charge in [-0.2, -0.15) is 0 Å². The number of fused-ring (bicyclic) bond motifs is 1. The van der Waals surface area contributed by atoms with E-state index in [2.05, 4.69) is 10.3 Å². The van der Waals surface area contributed by atoms with E-state index in [1.54, 1.807) is 37.7 Å². The number of pyridine rings is 1. The van der Waals surface area contributed by atoms with Crippen molar-refractivity contribution in [2.24, 2.45) is 0 Å². The first-order valence-electron chi connectivity index (χ1n) is 7.58. The average molecular weight is 300 g/mol. The zero-order chi connectivity index (χ0) is 15.5. The molecule has 0 spiro atoms. The number of aromatic hydroxyl groups is 1. The van der Waals surface area contributed by atoms with Crippen LogP contribution in [0.4, 0.5) is 0 Å². The molecule has 1 saturated carbocycles. The van der Waals surface area contributed by atoms with Crippen LogP contribution in [0.3, 0.4) is 0 Å². The van der Waals surface area contributed by atoms with Gasteiger partial charge in [0.05, 0.1) is 11.7 Å². The van der Waals surface area contributed by atoms with Gasteiger partial charge in [0, 0.05) is 36.3 Å². The zero-order valence-electron chi connectivity index (χ0n) is 12.6. The summed E-state index contributed by atoms with van der Waals surface area (Å²) in [6, 6.07) is 5.31. The van der Waals surface area contributed by atoms with Crippen LogP contribution in [0, 0.1) is 0 Å². The van der Waals surface area contributed by atoms with Crippen molar-refractivity contribution in [3.8, 4) is 5.75 Å². The van der Waals surface area contributed by atoms with Crippen molar-refractivity contribution in [1.29, 1.82) is 0 Å². The molecule has 0 bridgehead atoms. The molecule has 22 heavy (non-hydrogen) atoms. The number of hydrogen-bond acceptors (Lipinski definition) is 4. The first-order valence-corrected chi connectivity index (χ1v) is 7.58. The molecule has 0 unspecified atom stereocenters. The first kappa shape index (κ1) is 14.8. The lowest BCUT2D eigenvalue weighted by Gasteiger charge is -2.28. The molecule has 5 heteroatoms. The fourth-order valence-electron chi connectivity index (χ4n) is 3.04. The minimum atomic E-state index is -0.225. The molecule has 2 N–H and O–H groups in total. The van der Waals surface area contributed by atoms with Gasteiger partial charge in [0.2, 0.25) is 0 Å². The number of carbonyl (C=O) groups is 1. The SMILES string of the molecule is COC1CCC(NC(=O)c2ccc3cnccc3c2O)CC1. The molecule has 0 radical (unpaired) electrons. The van der Waals surface area contributed by atoms with E-state index in [9.17, 15) is 9.90 Å². The minimum absolute atomic E-state index is 0.0166. The molecular weight excluding hydrogens is 280 g/mol. The number of methoxy groups -OCH3 is 1. The third kappa shape index (κ3) is 2.90. The van der Waals surface area contributed by atoms with Crippen molar-refractivity contribution >= 4 is 16.7 Å². The Balaban J connectivity index is 1.74. The predicted molar refractivity (Wildman–Crippen MR) is 83.9 cm³/mol. The van der Waals surface area contributed by atoms with Crippen LogP contribution in [0.25, 0.3) is 10.8 Å². The third-order valence-corrected chi connectivity index (χ3v) is 4.38. The molecule has 0 saturated heterocycles. The number of rotatable bonds is 3. The van der Waals surface area contributed by atoms with E-state index in [0.29, 0.717) is 17.1 Å². The maximum Gasteiger partial charge on any atom is 0.255 e. The monoisotopic (exact) mass is 300 g/mol. The van der Waals surface area contributed by atoms with Crippen LogP contribution in [0.2, 0.25) is 0 Å². The predicted octanol–water partition coefficient (Wildman–Crippen LogP) is 2.63. The van der Waals surface area contributed by atoms with Crippen LogP contribution in [-0.2, 0) is 4.74 Å². The second-order valence-electron chi connectivity index (χ2n) is 5.74. The number of benzene rings is 1. The Morgan fingerprint density at radius 3 is 2.77 bits per heavy atom. The molecule has 5 nitrogen and oxygen atoms in total. The van der Waals surface area contributed by atoms with Crippen molar-refractivity contribution < 1.29 is 14.6 Å². The Morgan fingerprint density at radius 2 is 2.05 bits per heavy atom. The van der Waals surface area contributed by atoms with Crippen LogP contribution in [0.15, 0.2) is 30.6 Å². The highest BCUT2D eigenvalue weighted by Gasteiger charge is 2.23. The summed E-state index contributed by atoms with van der Waals surface area (Å²) in [5.41, 5.74) is 0.313. The van der Waals surface area contributed by atoms with E-state index in [1.807, 2.05) is 0 Å². The molecule has 3 rings (SSSR count). The normalized spacial score (nSPS) is 21.7. The molecule has 0 aliphatic heterocycles. The van der Waals surface area contributed by atoms with Crippen LogP contribution in [-0.4, -0.2) is 35.3 Å². The summed E-state index contributed by atoms with van der Waals surface area (Å²) >= 11 is 0. The van der Waals surface area contributed by atoms with Gasteiger partial charge in [0.25, 0.3) is 5.91 Å². The second-order valence-corrected chi connectivity index (χ2v) is 5.74. The number of amides is 1. The quantitative estimate of drug-likeness (QED) is 0.914. The molecule has 1 amide bonds. The number of carbonyl (C=O) groups excluding carboxylic acids is 1. The summed E-state index contributed by atoms with van der Waals surface area (Å²) in [5.74, 6) is -0.208. The topological polar surface area (TPSA) is 71.5 Å². The number of nitrogens with one attached hydrogen (secondary N) is 1. The number of nitrogens with zero attached hydrogens (tertiary/aromatic N) is 1. The Labute approximate surface area is 129 Å². The summed E-state index contributed by atoms with van der Waals surface area (Å²) in [5, 5.41) is 14.8. The summed E-state index contributed by atoms with van der Waals surface area (Å²) in [6.45, 7) is 0. The van der Waals surface area contributed by atoms with Crippen LogP contribution in [0.1, 0.15) is 36.0 Å². The number of aromatic nitrogens is 1. The van der Waals surface area contributed by atoms with Gasteiger partial charge in [-0.3, -0.25) is 9.78 Å². The van der Waals surface area contributed by atoms with Gasteiger partial charge in [-0.1, -0.05) is 6.07 Å². The summed E-state index contributed by atoms with van der Waals surface area (Å²) in [7, 11) is 1.73. The molecule has 1 heterocycles. The van der Waals surface area contributed by atoms with Crippen LogP contribution < -0.4 is 5.32 Å². The molecule has 116 valence electrons. The standard InChI is InChI=1S/C17H20N2O3/c1-22-13-5-3-12(4-6-13)19-17(21)15-7-2-11-10-18-9-8-14(11)16(15)20/h2,7-10,12-13,20H,3-6H2,1H3,(H,19,21). The zero-order valence-corrected chi connectivity index (χ0v) is 12.6. The van der Waals surface area contributed by atoms with Gasteiger partial charge >= 0.3 is 0 Å². The van der Waals surface area contributed by atoms with Crippen LogP contribution in [0.5, 0.6) is 5.75 Å². The molecule has 2 aromatic rings. The second kappa shape index (κ2) is 6.32.